The van der Waals surface area contributed by atoms with Crippen LogP contribution in [-0.4, -0.2) is 56.2 Å². The molecular weight excluding hydrogens is 576 g/mol. The third-order valence-electron chi connectivity index (χ3n) is 6.04. The Kier molecular flexibility index (Phi) is 11.0. The first-order valence-corrected chi connectivity index (χ1v) is 14.6. The summed E-state index contributed by atoms with van der Waals surface area (Å²) >= 11 is 4.18. The van der Waals surface area contributed by atoms with Gasteiger partial charge in [-0.25, -0.2) is 21.9 Å². The summed E-state index contributed by atoms with van der Waals surface area (Å²) in [7, 11) is -4.39. The third-order valence-corrected chi connectivity index (χ3v) is 7.89. The third kappa shape index (κ3) is 8.35. The summed E-state index contributed by atoms with van der Waals surface area (Å²) in [6, 6.07) is 15.2. The molecule has 3 amide bonds. The van der Waals surface area contributed by atoms with Gasteiger partial charge in [0, 0.05) is 24.4 Å². The minimum atomic E-state index is -4.39. The molecule has 0 aliphatic carbocycles. The first-order valence-electron chi connectivity index (χ1n) is 12.5. The molecule has 0 heterocycles. The highest BCUT2D eigenvalue weighted by atomic mass is 32.2. The van der Waals surface area contributed by atoms with E-state index in [2.05, 4.69) is 23.3 Å². The molecule has 3 rings (SSSR count). The number of hydrogen-bond acceptors (Lipinski definition) is 7. The van der Waals surface area contributed by atoms with Crippen molar-refractivity contribution in [1.82, 2.24) is 15.4 Å². The number of benzene rings is 3. The number of halogens is 2. The topological polar surface area (TPSA) is 142 Å². The maximum absolute atomic E-state index is 14.9. The van der Waals surface area contributed by atoms with E-state index in [0.717, 1.165) is 13.0 Å². The van der Waals surface area contributed by atoms with Gasteiger partial charge < -0.3 is 15.7 Å². The molecule has 0 spiro atoms. The van der Waals surface area contributed by atoms with Gasteiger partial charge in [0.05, 0.1) is 16.4 Å². The Labute approximate surface area is 241 Å². The molecule has 4 N–H and O–H groups in total. The van der Waals surface area contributed by atoms with Crippen LogP contribution >= 0.6 is 12.6 Å². The van der Waals surface area contributed by atoms with Gasteiger partial charge in [-0.15, -0.1) is 0 Å². The fourth-order valence-electron chi connectivity index (χ4n) is 3.85. The molecule has 0 bridgehead atoms. The zero-order valence-electron chi connectivity index (χ0n) is 21.9. The van der Waals surface area contributed by atoms with E-state index < -0.39 is 45.5 Å². The van der Waals surface area contributed by atoms with Crippen LogP contribution in [0, 0.1) is 17.6 Å². The fraction of sp³-hybridized carbons (Fsp3) is 0.250. The summed E-state index contributed by atoms with van der Waals surface area (Å²) in [5, 5.41) is 14.5. The second-order valence-electron chi connectivity index (χ2n) is 9.06. The number of aliphatic hydroxyl groups is 1. The standard InChI is InChI=1S/C28H29F2N3O6S2/c1-17(34)26(35)33-41(38,39)25-9-5-3-7-21(25)18-10-11-22(24(30)15-18)28(37)32-13-12-31-27(36)20(16-40)14-19-6-2-4-8-23(19)29/h2-11,15,17,20,34,40H,12-14,16H2,1H3,(H,31,36)(H,32,37)(H,33,35)/t17-,20+/m0/s1. The second kappa shape index (κ2) is 14.2. The molecule has 41 heavy (non-hydrogen) atoms. The van der Waals surface area contributed by atoms with Crippen molar-refractivity contribution >= 4 is 40.4 Å². The van der Waals surface area contributed by atoms with Crippen molar-refractivity contribution < 1.29 is 36.7 Å². The zero-order valence-corrected chi connectivity index (χ0v) is 23.6. The van der Waals surface area contributed by atoms with Gasteiger partial charge in [0.25, 0.3) is 21.8 Å². The van der Waals surface area contributed by atoms with Gasteiger partial charge in [-0.1, -0.05) is 42.5 Å². The smallest absolute Gasteiger partial charge is 0.264 e. The second-order valence-corrected chi connectivity index (χ2v) is 11.1. The van der Waals surface area contributed by atoms with Crippen molar-refractivity contribution in [2.45, 2.75) is 24.3 Å². The lowest BCUT2D eigenvalue weighted by molar-refractivity contribution is -0.126. The average molecular weight is 606 g/mol. The molecule has 3 aromatic rings. The molecule has 0 aliphatic heterocycles. The summed E-state index contributed by atoms with van der Waals surface area (Å²) < 4.78 is 56.0. The number of sulfonamides is 1. The molecular formula is C28H29F2N3O6S2. The number of carbonyl (C=O) groups is 3. The summed E-state index contributed by atoms with van der Waals surface area (Å²) in [6.07, 6.45) is -1.41. The van der Waals surface area contributed by atoms with Gasteiger partial charge in [-0.2, -0.15) is 12.6 Å². The Hall–Kier alpha value is -3.81. The summed E-state index contributed by atoms with van der Waals surface area (Å²) in [5.41, 5.74) is 0.278. The predicted octanol–water partition coefficient (Wildman–Crippen LogP) is 2.45. The Bertz CT molecular complexity index is 1530. The van der Waals surface area contributed by atoms with E-state index >= 15 is 0 Å². The molecule has 0 unspecified atom stereocenters. The van der Waals surface area contributed by atoms with Crippen LogP contribution in [0.3, 0.4) is 0 Å². The minimum absolute atomic E-state index is 0.0190. The Balaban J connectivity index is 1.62. The van der Waals surface area contributed by atoms with Crippen LogP contribution in [0.1, 0.15) is 22.8 Å². The largest absolute Gasteiger partial charge is 0.384 e. The molecule has 0 saturated heterocycles. The molecule has 9 nitrogen and oxygen atoms in total. The summed E-state index contributed by atoms with van der Waals surface area (Å²) in [6.45, 7) is 1.13. The van der Waals surface area contributed by atoms with Crippen LogP contribution in [-0.2, 0) is 26.0 Å². The normalized spacial score (nSPS) is 12.7. The van der Waals surface area contributed by atoms with Crippen molar-refractivity contribution in [3.05, 3.63) is 89.5 Å². The van der Waals surface area contributed by atoms with Gasteiger partial charge >= 0.3 is 0 Å². The molecule has 0 aromatic heterocycles. The van der Waals surface area contributed by atoms with Crippen molar-refractivity contribution in [3.8, 4) is 11.1 Å². The first-order chi connectivity index (χ1) is 19.4. The van der Waals surface area contributed by atoms with Gasteiger partial charge in [-0.3, -0.25) is 14.4 Å². The van der Waals surface area contributed by atoms with E-state index in [1.807, 2.05) is 0 Å². The van der Waals surface area contributed by atoms with Crippen molar-refractivity contribution in [2.75, 3.05) is 18.8 Å². The van der Waals surface area contributed by atoms with E-state index in [1.165, 1.54) is 42.5 Å². The van der Waals surface area contributed by atoms with Gasteiger partial charge in [-0.05, 0) is 48.7 Å². The molecule has 0 fully saturated rings. The quantitative estimate of drug-likeness (QED) is 0.159. The minimum Gasteiger partial charge on any atom is -0.384 e. The lowest BCUT2D eigenvalue weighted by Crippen LogP contribution is -2.39. The number of hydrogen-bond donors (Lipinski definition) is 5. The van der Waals surface area contributed by atoms with Crippen LogP contribution < -0.4 is 15.4 Å². The Morgan fingerprint density at radius 3 is 2.22 bits per heavy atom. The average Bonchev–Trinajstić information content (AvgIpc) is 2.94. The molecule has 2 atom stereocenters. The predicted molar refractivity (Wildman–Crippen MR) is 152 cm³/mol. The van der Waals surface area contributed by atoms with E-state index in [9.17, 15) is 36.7 Å². The van der Waals surface area contributed by atoms with E-state index in [-0.39, 0.29) is 52.8 Å². The van der Waals surface area contributed by atoms with Crippen molar-refractivity contribution in [3.63, 3.8) is 0 Å². The SMILES string of the molecule is C[C@H](O)C(=O)NS(=O)(=O)c1ccccc1-c1ccc(C(=O)NCCNC(=O)[C@@H](CS)Cc2ccccc2F)c(F)c1. The van der Waals surface area contributed by atoms with E-state index in [0.29, 0.717) is 5.56 Å². The zero-order chi connectivity index (χ0) is 30.2. The van der Waals surface area contributed by atoms with Crippen LogP contribution in [0.4, 0.5) is 8.78 Å². The fourth-order valence-corrected chi connectivity index (χ4v) is 5.42. The maximum atomic E-state index is 14.9. The summed E-state index contributed by atoms with van der Waals surface area (Å²) in [5.74, 6) is -4.01. The monoisotopic (exact) mass is 605 g/mol. The molecule has 3 aromatic carbocycles. The lowest BCUT2D eigenvalue weighted by Gasteiger charge is -2.15. The molecule has 0 saturated carbocycles. The van der Waals surface area contributed by atoms with Crippen LogP contribution in [0.2, 0.25) is 0 Å². The number of aliphatic hydroxyl groups excluding tert-OH is 1. The molecule has 0 radical (unpaired) electrons. The number of carbonyl (C=O) groups excluding carboxylic acids is 3. The maximum Gasteiger partial charge on any atom is 0.264 e. The van der Waals surface area contributed by atoms with E-state index in [4.69, 9.17) is 0 Å². The van der Waals surface area contributed by atoms with Crippen LogP contribution in [0.5, 0.6) is 0 Å². The van der Waals surface area contributed by atoms with Gasteiger partial charge in [0.15, 0.2) is 0 Å². The van der Waals surface area contributed by atoms with Gasteiger partial charge in [0.2, 0.25) is 5.91 Å². The molecule has 13 heteroatoms. The van der Waals surface area contributed by atoms with Crippen LogP contribution in [0.15, 0.2) is 71.6 Å². The Morgan fingerprint density at radius 1 is 0.902 bits per heavy atom. The van der Waals surface area contributed by atoms with Crippen molar-refractivity contribution in [1.29, 1.82) is 0 Å². The number of amides is 3. The highest BCUT2D eigenvalue weighted by molar-refractivity contribution is 7.90. The van der Waals surface area contributed by atoms with Crippen LogP contribution in [0.25, 0.3) is 11.1 Å². The molecule has 0 aliphatic rings. The van der Waals surface area contributed by atoms with E-state index in [1.54, 1.807) is 22.9 Å². The summed E-state index contributed by atoms with van der Waals surface area (Å²) in [4.78, 5) is 36.5. The highest BCUT2D eigenvalue weighted by Gasteiger charge is 2.24. The lowest BCUT2D eigenvalue weighted by atomic mass is 10.00. The highest BCUT2D eigenvalue weighted by Crippen LogP contribution is 2.28. The number of rotatable bonds is 12. The first kappa shape index (κ1) is 31.7. The Morgan fingerprint density at radius 2 is 1.56 bits per heavy atom. The number of thiol groups is 1. The molecule has 218 valence electrons. The van der Waals surface area contributed by atoms with Crippen molar-refractivity contribution in [2.24, 2.45) is 5.92 Å². The number of nitrogens with one attached hydrogen (secondary N) is 3. The van der Waals surface area contributed by atoms with Gasteiger partial charge in [0.1, 0.15) is 17.7 Å².